The summed E-state index contributed by atoms with van der Waals surface area (Å²) in [6.45, 7) is 0.356. The molecule has 7 nitrogen and oxygen atoms in total. The number of benzene rings is 2. The molecule has 156 valence electrons. The van der Waals surface area contributed by atoms with Gasteiger partial charge < -0.3 is 14.6 Å². The van der Waals surface area contributed by atoms with Crippen LogP contribution in [0.1, 0.15) is 29.9 Å². The quantitative estimate of drug-likeness (QED) is 0.779. The minimum Gasteiger partial charge on any atom is -0.481 e. The van der Waals surface area contributed by atoms with Crippen LogP contribution < -0.4 is 0 Å². The first-order valence-electron chi connectivity index (χ1n) is 9.95. The molecule has 1 fully saturated rings. The zero-order chi connectivity index (χ0) is 21.3. The molecular formula is C23H23NO6. The van der Waals surface area contributed by atoms with Gasteiger partial charge in [0.1, 0.15) is 12.6 Å². The summed E-state index contributed by atoms with van der Waals surface area (Å²) in [5.41, 5.74) is 4.40. The number of hydrogen-bond donors (Lipinski definition) is 1. The van der Waals surface area contributed by atoms with Gasteiger partial charge in [-0.15, -0.1) is 0 Å². The van der Waals surface area contributed by atoms with Crippen LogP contribution in [0.15, 0.2) is 48.5 Å². The summed E-state index contributed by atoms with van der Waals surface area (Å²) in [5, 5.41) is 9.49. The molecular weight excluding hydrogens is 386 g/mol. The molecule has 2 aromatic carbocycles. The Morgan fingerprint density at radius 3 is 2.20 bits per heavy atom. The third-order valence-corrected chi connectivity index (χ3v) is 5.96. The lowest BCUT2D eigenvalue weighted by Gasteiger charge is -2.36. The van der Waals surface area contributed by atoms with Crippen LogP contribution in [0.5, 0.6) is 0 Å². The first-order valence-corrected chi connectivity index (χ1v) is 9.95. The van der Waals surface area contributed by atoms with E-state index in [1.807, 2.05) is 48.5 Å². The van der Waals surface area contributed by atoms with E-state index in [-0.39, 0.29) is 19.1 Å². The number of rotatable bonds is 4. The van der Waals surface area contributed by atoms with E-state index >= 15 is 0 Å². The van der Waals surface area contributed by atoms with E-state index in [0.29, 0.717) is 12.8 Å². The topological polar surface area (TPSA) is 93.1 Å². The number of fused-ring (bicyclic) bond motifs is 3. The summed E-state index contributed by atoms with van der Waals surface area (Å²) in [7, 11) is 1.19. The van der Waals surface area contributed by atoms with Crippen LogP contribution >= 0.6 is 0 Å². The SMILES string of the molecule is COC(=O)C1C(C(=O)O)CCCN1C(=O)OCC1c2ccccc2-c2ccccc21. The second-order valence-corrected chi connectivity index (χ2v) is 7.55. The zero-order valence-corrected chi connectivity index (χ0v) is 16.6. The maximum atomic E-state index is 12.9. The number of likely N-dealkylation sites (tertiary alicyclic amines) is 1. The number of nitrogens with zero attached hydrogens (tertiary/aromatic N) is 1. The van der Waals surface area contributed by atoms with Gasteiger partial charge in [0.2, 0.25) is 0 Å². The molecule has 1 aliphatic heterocycles. The number of ether oxygens (including phenoxy) is 2. The Morgan fingerprint density at radius 1 is 1.03 bits per heavy atom. The van der Waals surface area contributed by atoms with E-state index in [4.69, 9.17) is 9.47 Å². The van der Waals surface area contributed by atoms with E-state index in [1.165, 1.54) is 12.0 Å². The zero-order valence-electron chi connectivity index (χ0n) is 16.6. The van der Waals surface area contributed by atoms with Gasteiger partial charge in [-0.2, -0.15) is 0 Å². The highest BCUT2D eigenvalue weighted by molar-refractivity contribution is 5.87. The van der Waals surface area contributed by atoms with Gasteiger partial charge in [-0.3, -0.25) is 9.69 Å². The molecule has 2 unspecified atom stereocenters. The first-order chi connectivity index (χ1) is 14.5. The van der Waals surface area contributed by atoms with Crippen LogP contribution in [0, 0.1) is 5.92 Å². The molecule has 1 saturated heterocycles. The van der Waals surface area contributed by atoms with Crippen molar-refractivity contribution in [2.75, 3.05) is 20.3 Å². The Hall–Kier alpha value is -3.35. The van der Waals surface area contributed by atoms with Crippen LogP contribution in [0.2, 0.25) is 0 Å². The van der Waals surface area contributed by atoms with Crippen LogP contribution in [-0.2, 0) is 19.1 Å². The van der Waals surface area contributed by atoms with Crippen molar-refractivity contribution >= 4 is 18.0 Å². The highest BCUT2D eigenvalue weighted by atomic mass is 16.6. The highest BCUT2D eigenvalue weighted by Crippen LogP contribution is 2.44. The molecule has 0 spiro atoms. The summed E-state index contributed by atoms with van der Waals surface area (Å²) >= 11 is 0. The number of carboxylic acid groups (broad SMARTS) is 1. The monoisotopic (exact) mass is 409 g/mol. The van der Waals surface area contributed by atoms with Gasteiger partial charge in [-0.25, -0.2) is 9.59 Å². The number of aliphatic carboxylic acids is 1. The summed E-state index contributed by atoms with van der Waals surface area (Å²) < 4.78 is 10.4. The van der Waals surface area contributed by atoms with E-state index in [9.17, 15) is 19.5 Å². The van der Waals surface area contributed by atoms with Crippen LogP contribution in [0.25, 0.3) is 11.1 Å². The fourth-order valence-electron chi connectivity index (χ4n) is 4.55. The maximum Gasteiger partial charge on any atom is 0.410 e. The predicted molar refractivity (Wildman–Crippen MR) is 108 cm³/mol. The molecule has 30 heavy (non-hydrogen) atoms. The fourth-order valence-corrected chi connectivity index (χ4v) is 4.55. The molecule has 0 bridgehead atoms. The molecule has 1 heterocycles. The van der Waals surface area contributed by atoms with Crippen LogP contribution in [0.3, 0.4) is 0 Å². The molecule has 7 heteroatoms. The Morgan fingerprint density at radius 2 is 1.63 bits per heavy atom. The molecule has 1 amide bonds. The second kappa shape index (κ2) is 8.18. The van der Waals surface area contributed by atoms with E-state index in [1.54, 1.807) is 0 Å². The summed E-state index contributed by atoms with van der Waals surface area (Å²) in [5.74, 6) is -2.98. The molecule has 2 aliphatic rings. The number of esters is 1. The van der Waals surface area contributed by atoms with Crippen molar-refractivity contribution in [2.24, 2.45) is 5.92 Å². The number of amides is 1. The van der Waals surface area contributed by atoms with Crippen molar-refractivity contribution in [3.05, 3.63) is 59.7 Å². The maximum absolute atomic E-state index is 12.9. The molecule has 2 atom stereocenters. The lowest BCUT2D eigenvalue weighted by Crippen LogP contribution is -2.55. The van der Waals surface area contributed by atoms with Gasteiger partial charge >= 0.3 is 18.0 Å². The number of hydrogen-bond acceptors (Lipinski definition) is 5. The van der Waals surface area contributed by atoms with Crippen molar-refractivity contribution in [1.82, 2.24) is 4.90 Å². The van der Waals surface area contributed by atoms with Crippen molar-refractivity contribution in [1.29, 1.82) is 0 Å². The minimum absolute atomic E-state index is 0.106. The average Bonchev–Trinajstić information content (AvgIpc) is 3.10. The Bertz CT molecular complexity index is 942. The highest BCUT2D eigenvalue weighted by Gasteiger charge is 2.44. The molecule has 0 aromatic heterocycles. The average molecular weight is 409 g/mol. The Balaban J connectivity index is 1.54. The Kier molecular flexibility index (Phi) is 5.44. The van der Waals surface area contributed by atoms with Crippen molar-refractivity contribution in [3.8, 4) is 11.1 Å². The van der Waals surface area contributed by atoms with Gasteiger partial charge in [0, 0.05) is 12.5 Å². The third kappa shape index (κ3) is 3.40. The molecule has 2 aromatic rings. The largest absolute Gasteiger partial charge is 0.481 e. The molecule has 0 radical (unpaired) electrons. The Labute approximate surface area is 174 Å². The fraction of sp³-hybridized carbons (Fsp3) is 0.348. The molecule has 0 saturated carbocycles. The minimum atomic E-state index is -1.18. The lowest BCUT2D eigenvalue weighted by molar-refractivity contribution is -0.159. The molecule has 4 rings (SSSR count). The number of carboxylic acids is 1. The standard InChI is InChI=1S/C23H23NO6/c1-29-22(27)20-18(21(25)26)11-6-12-24(20)23(28)30-13-19-16-9-4-2-7-14(16)15-8-3-5-10-17(15)19/h2-5,7-10,18-20H,6,11-13H2,1H3,(H,25,26). The predicted octanol–water partition coefficient (Wildman–Crippen LogP) is 3.27. The lowest BCUT2D eigenvalue weighted by atomic mass is 9.89. The summed E-state index contributed by atoms with van der Waals surface area (Å²) in [6, 6.07) is 14.8. The second-order valence-electron chi connectivity index (χ2n) is 7.55. The number of carbonyl (C=O) groups excluding carboxylic acids is 2. The summed E-state index contributed by atoms with van der Waals surface area (Å²) in [6.07, 6.45) is 0.0925. The van der Waals surface area contributed by atoms with Crippen LogP contribution in [0.4, 0.5) is 4.79 Å². The van der Waals surface area contributed by atoms with E-state index < -0.39 is 30.0 Å². The van der Waals surface area contributed by atoms with Crippen molar-refractivity contribution in [2.45, 2.75) is 24.8 Å². The molecule has 1 N–H and O–H groups in total. The first kappa shape index (κ1) is 19.9. The van der Waals surface area contributed by atoms with Gasteiger partial charge in [-0.05, 0) is 35.1 Å². The number of piperidine rings is 1. The number of carbonyl (C=O) groups is 3. The van der Waals surface area contributed by atoms with Gasteiger partial charge in [0.05, 0.1) is 13.0 Å². The van der Waals surface area contributed by atoms with Gasteiger partial charge in [0.25, 0.3) is 0 Å². The van der Waals surface area contributed by atoms with Gasteiger partial charge in [0.15, 0.2) is 0 Å². The van der Waals surface area contributed by atoms with E-state index in [0.717, 1.165) is 22.3 Å². The molecule has 1 aliphatic carbocycles. The van der Waals surface area contributed by atoms with Crippen LogP contribution in [-0.4, -0.2) is 54.3 Å². The smallest absolute Gasteiger partial charge is 0.410 e. The normalized spacial score (nSPS) is 20.2. The van der Waals surface area contributed by atoms with E-state index in [2.05, 4.69) is 0 Å². The van der Waals surface area contributed by atoms with Gasteiger partial charge in [-0.1, -0.05) is 48.5 Å². The third-order valence-electron chi connectivity index (χ3n) is 5.96. The van der Waals surface area contributed by atoms with Crippen molar-refractivity contribution in [3.63, 3.8) is 0 Å². The van der Waals surface area contributed by atoms with Crippen molar-refractivity contribution < 1.29 is 29.0 Å². The summed E-state index contributed by atoms with van der Waals surface area (Å²) in [4.78, 5) is 37.9. The number of methoxy groups -OCH3 is 1.